The molecule has 0 spiro atoms. The molecule has 0 radical (unpaired) electrons. The first-order valence-corrected chi connectivity index (χ1v) is 13.4. The van der Waals surface area contributed by atoms with E-state index in [9.17, 15) is 13.2 Å². The van der Waals surface area contributed by atoms with Crippen LogP contribution in [0.2, 0.25) is 0 Å². The number of morpholine rings is 1. The number of carbonyl (C=O) groups is 1. The number of thiazole rings is 1. The standard InChI is InChI=1S/C22H30N4O5S2/c1-15-11-25(12-16(2)31-15)13-18-14-32-22(23-18)24-21(27)17-6-7-19(30-3)20(10-17)33(28,29)26-8-4-5-9-26/h6-7,10,14-16H,4-5,8-9,11-13H2,1-3H3,(H,23,24,27)/t15-,16-/m1/s1. The second kappa shape index (κ2) is 10.1. The Morgan fingerprint density at radius 1 is 1.24 bits per heavy atom. The Balaban J connectivity index is 1.47. The highest BCUT2D eigenvalue weighted by Crippen LogP contribution is 2.30. The van der Waals surface area contributed by atoms with E-state index in [2.05, 4.69) is 29.0 Å². The van der Waals surface area contributed by atoms with Crippen LogP contribution < -0.4 is 10.1 Å². The average molecular weight is 495 g/mol. The molecular weight excluding hydrogens is 464 g/mol. The van der Waals surface area contributed by atoms with E-state index in [-0.39, 0.29) is 28.4 Å². The summed E-state index contributed by atoms with van der Waals surface area (Å²) in [4.78, 5) is 19.7. The third-order valence-corrected chi connectivity index (χ3v) is 8.49. The number of anilines is 1. The van der Waals surface area contributed by atoms with Crippen molar-refractivity contribution in [3.63, 3.8) is 0 Å². The molecule has 9 nitrogen and oxygen atoms in total. The van der Waals surface area contributed by atoms with Gasteiger partial charge in [-0.25, -0.2) is 13.4 Å². The van der Waals surface area contributed by atoms with Gasteiger partial charge in [0, 0.05) is 43.7 Å². The topological polar surface area (TPSA) is 101 Å². The summed E-state index contributed by atoms with van der Waals surface area (Å²) < 4.78 is 38.6. The number of hydrogen-bond donors (Lipinski definition) is 1. The first-order chi connectivity index (χ1) is 15.8. The molecule has 2 fully saturated rings. The Hall–Kier alpha value is -2.05. The highest BCUT2D eigenvalue weighted by Gasteiger charge is 2.31. The summed E-state index contributed by atoms with van der Waals surface area (Å²) in [6.07, 6.45) is 2.01. The Morgan fingerprint density at radius 2 is 1.94 bits per heavy atom. The summed E-state index contributed by atoms with van der Waals surface area (Å²) in [5, 5.41) is 5.20. The first-order valence-electron chi connectivity index (χ1n) is 11.1. The zero-order valence-electron chi connectivity index (χ0n) is 19.1. The minimum atomic E-state index is -3.73. The van der Waals surface area contributed by atoms with E-state index in [1.807, 2.05) is 5.38 Å². The van der Waals surface area contributed by atoms with Gasteiger partial charge in [-0.1, -0.05) is 0 Å². The van der Waals surface area contributed by atoms with Crippen LogP contribution in [0.25, 0.3) is 0 Å². The van der Waals surface area contributed by atoms with Gasteiger partial charge in [0.15, 0.2) is 5.13 Å². The fourth-order valence-corrected chi connectivity index (χ4v) is 6.73. The van der Waals surface area contributed by atoms with Gasteiger partial charge < -0.3 is 9.47 Å². The quantitative estimate of drug-likeness (QED) is 0.632. The van der Waals surface area contributed by atoms with Crippen molar-refractivity contribution in [1.82, 2.24) is 14.2 Å². The molecule has 3 heterocycles. The molecule has 33 heavy (non-hydrogen) atoms. The molecule has 1 N–H and O–H groups in total. The van der Waals surface area contributed by atoms with Crippen LogP contribution in [0.5, 0.6) is 5.75 Å². The molecule has 0 bridgehead atoms. The van der Waals surface area contributed by atoms with Crippen molar-refractivity contribution in [3.05, 3.63) is 34.8 Å². The van der Waals surface area contributed by atoms with E-state index in [0.29, 0.717) is 24.8 Å². The van der Waals surface area contributed by atoms with Gasteiger partial charge in [-0.05, 0) is 44.9 Å². The summed E-state index contributed by atoms with van der Waals surface area (Å²) >= 11 is 1.35. The second-order valence-corrected chi connectivity index (χ2v) is 11.3. The van der Waals surface area contributed by atoms with Crippen molar-refractivity contribution in [1.29, 1.82) is 0 Å². The van der Waals surface area contributed by atoms with Gasteiger partial charge in [0.2, 0.25) is 10.0 Å². The number of methoxy groups -OCH3 is 1. The number of rotatable bonds is 7. The maximum atomic E-state index is 13.1. The molecule has 1 aromatic carbocycles. The molecule has 1 aromatic heterocycles. The highest BCUT2D eigenvalue weighted by molar-refractivity contribution is 7.89. The molecule has 0 saturated carbocycles. The zero-order chi connectivity index (χ0) is 23.6. The van der Waals surface area contributed by atoms with E-state index in [0.717, 1.165) is 31.6 Å². The van der Waals surface area contributed by atoms with Crippen molar-refractivity contribution < 1.29 is 22.7 Å². The highest BCUT2D eigenvalue weighted by atomic mass is 32.2. The number of hydrogen-bond acceptors (Lipinski definition) is 8. The number of nitrogens with zero attached hydrogens (tertiary/aromatic N) is 3. The summed E-state index contributed by atoms with van der Waals surface area (Å²) in [6, 6.07) is 4.46. The maximum Gasteiger partial charge on any atom is 0.257 e. The molecule has 2 aliphatic heterocycles. The van der Waals surface area contributed by atoms with E-state index < -0.39 is 15.9 Å². The predicted octanol–water partition coefficient (Wildman–Crippen LogP) is 2.80. The van der Waals surface area contributed by atoms with Crippen LogP contribution in [-0.4, -0.2) is 74.0 Å². The molecule has 11 heteroatoms. The molecule has 2 atom stereocenters. The SMILES string of the molecule is COc1ccc(C(=O)Nc2nc(CN3C[C@@H](C)O[C@H](C)C3)cs2)cc1S(=O)(=O)N1CCCC1. The van der Waals surface area contributed by atoms with Gasteiger partial charge in [-0.3, -0.25) is 15.0 Å². The molecule has 1 amide bonds. The summed E-state index contributed by atoms with van der Waals surface area (Å²) in [7, 11) is -2.31. The fourth-order valence-electron chi connectivity index (χ4n) is 4.34. The van der Waals surface area contributed by atoms with Crippen LogP contribution in [0.3, 0.4) is 0 Å². The van der Waals surface area contributed by atoms with Crippen LogP contribution in [0.4, 0.5) is 5.13 Å². The number of aromatic nitrogens is 1. The molecule has 0 unspecified atom stereocenters. The van der Waals surface area contributed by atoms with Gasteiger partial charge >= 0.3 is 0 Å². The molecule has 2 aliphatic rings. The second-order valence-electron chi connectivity index (χ2n) is 8.53. The lowest BCUT2D eigenvalue weighted by Crippen LogP contribution is -2.44. The van der Waals surface area contributed by atoms with Crippen LogP contribution in [0.15, 0.2) is 28.5 Å². The lowest BCUT2D eigenvalue weighted by molar-refractivity contribution is -0.0707. The number of sulfonamides is 1. The normalized spacial score (nSPS) is 22.4. The minimum Gasteiger partial charge on any atom is -0.495 e. The Kier molecular flexibility index (Phi) is 7.34. The Morgan fingerprint density at radius 3 is 2.61 bits per heavy atom. The van der Waals surface area contributed by atoms with E-state index in [1.165, 1.54) is 34.9 Å². The van der Waals surface area contributed by atoms with Crippen molar-refractivity contribution in [2.45, 2.75) is 50.3 Å². The lowest BCUT2D eigenvalue weighted by atomic mass is 10.2. The summed E-state index contributed by atoms with van der Waals surface area (Å²) in [5.41, 5.74) is 1.12. The average Bonchev–Trinajstić information content (AvgIpc) is 3.45. The van der Waals surface area contributed by atoms with Crippen molar-refractivity contribution in [2.75, 3.05) is 38.6 Å². The van der Waals surface area contributed by atoms with Gasteiger partial charge in [-0.2, -0.15) is 4.31 Å². The Bertz CT molecular complexity index is 1090. The maximum absolute atomic E-state index is 13.1. The lowest BCUT2D eigenvalue weighted by Gasteiger charge is -2.34. The van der Waals surface area contributed by atoms with Crippen LogP contribution >= 0.6 is 11.3 Å². The van der Waals surface area contributed by atoms with Crippen molar-refractivity contribution >= 4 is 32.4 Å². The number of benzene rings is 1. The largest absolute Gasteiger partial charge is 0.495 e. The van der Waals surface area contributed by atoms with Crippen molar-refractivity contribution in [2.24, 2.45) is 0 Å². The predicted molar refractivity (Wildman–Crippen MR) is 126 cm³/mol. The van der Waals surface area contributed by atoms with Gasteiger partial charge in [-0.15, -0.1) is 11.3 Å². The van der Waals surface area contributed by atoms with Gasteiger partial charge in [0.1, 0.15) is 10.6 Å². The molecular formula is C22H30N4O5S2. The van der Waals surface area contributed by atoms with Crippen LogP contribution in [0, 0.1) is 0 Å². The number of amides is 1. The third kappa shape index (κ3) is 5.55. The van der Waals surface area contributed by atoms with Crippen molar-refractivity contribution in [3.8, 4) is 5.75 Å². The number of ether oxygens (including phenoxy) is 2. The molecule has 2 aromatic rings. The van der Waals surface area contributed by atoms with E-state index >= 15 is 0 Å². The van der Waals surface area contributed by atoms with Gasteiger partial charge in [0.25, 0.3) is 5.91 Å². The smallest absolute Gasteiger partial charge is 0.257 e. The molecule has 2 saturated heterocycles. The van der Waals surface area contributed by atoms with Crippen LogP contribution in [-0.2, 0) is 21.3 Å². The summed E-state index contributed by atoms with van der Waals surface area (Å²) in [6.45, 7) is 7.43. The Labute approximate surface area is 198 Å². The first kappa shape index (κ1) is 24.1. The molecule has 4 rings (SSSR count). The van der Waals surface area contributed by atoms with E-state index in [4.69, 9.17) is 9.47 Å². The number of nitrogens with one attached hydrogen (secondary N) is 1. The minimum absolute atomic E-state index is 0.00920. The fraction of sp³-hybridized carbons (Fsp3) is 0.545. The summed E-state index contributed by atoms with van der Waals surface area (Å²) in [5.74, 6) is -0.186. The zero-order valence-corrected chi connectivity index (χ0v) is 20.7. The van der Waals surface area contributed by atoms with Crippen LogP contribution in [0.1, 0.15) is 42.7 Å². The molecule has 180 valence electrons. The van der Waals surface area contributed by atoms with Gasteiger partial charge in [0.05, 0.1) is 25.0 Å². The third-order valence-electron chi connectivity index (χ3n) is 5.76. The van der Waals surface area contributed by atoms with E-state index in [1.54, 1.807) is 6.07 Å². The number of carbonyl (C=O) groups excluding carboxylic acids is 1. The molecule has 0 aliphatic carbocycles. The monoisotopic (exact) mass is 494 g/mol.